The summed E-state index contributed by atoms with van der Waals surface area (Å²) in [5, 5.41) is 17.8. The summed E-state index contributed by atoms with van der Waals surface area (Å²) < 4.78 is 5.42. The van der Waals surface area contributed by atoms with Crippen molar-refractivity contribution >= 4 is 35.4 Å². The highest BCUT2D eigenvalue weighted by molar-refractivity contribution is 5.98. The van der Waals surface area contributed by atoms with Crippen LogP contribution in [0.3, 0.4) is 0 Å². The number of anilines is 1. The fourth-order valence-electron chi connectivity index (χ4n) is 2.94. The summed E-state index contributed by atoms with van der Waals surface area (Å²) in [6.45, 7) is 7.25. The van der Waals surface area contributed by atoms with Crippen LogP contribution in [-0.4, -0.2) is 28.9 Å². The number of amides is 2. The van der Waals surface area contributed by atoms with Crippen LogP contribution >= 0.6 is 0 Å². The van der Waals surface area contributed by atoms with Crippen molar-refractivity contribution in [1.82, 2.24) is 5.43 Å². The van der Waals surface area contributed by atoms with Crippen LogP contribution in [0.15, 0.2) is 71.8 Å². The second-order valence-corrected chi connectivity index (χ2v) is 9.22. The van der Waals surface area contributed by atoms with Crippen molar-refractivity contribution in [2.45, 2.75) is 27.7 Å². The molecular formula is C27H26N4O6. The number of aryl methyl sites for hydroxylation is 1. The van der Waals surface area contributed by atoms with Crippen LogP contribution in [-0.2, 0) is 4.79 Å². The summed E-state index contributed by atoms with van der Waals surface area (Å²) in [6.07, 6.45) is 1.15. The van der Waals surface area contributed by atoms with Crippen molar-refractivity contribution in [3.63, 3.8) is 0 Å². The molecule has 3 aromatic rings. The van der Waals surface area contributed by atoms with Crippen molar-refractivity contribution in [2.75, 3.05) is 5.32 Å². The third kappa shape index (κ3) is 7.31. The van der Waals surface area contributed by atoms with Crippen LogP contribution in [0.2, 0.25) is 0 Å². The Bertz CT molecular complexity index is 1360. The maximum atomic E-state index is 12.5. The van der Waals surface area contributed by atoms with Crippen LogP contribution in [0.25, 0.3) is 0 Å². The highest BCUT2D eigenvalue weighted by Crippen LogP contribution is 2.24. The molecule has 37 heavy (non-hydrogen) atoms. The van der Waals surface area contributed by atoms with Gasteiger partial charge in [0.15, 0.2) is 0 Å². The minimum Gasteiger partial charge on any atom is -0.422 e. The number of carbonyl (C=O) groups excluding carboxylic acids is 3. The van der Waals surface area contributed by atoms with Gasteiger partial charge in [0.2, 0.25) is 5.91 Å². The zero-order valence-electron chi connectivity index (χ0n) is 20.8. The molecule has 0 unspecified atom stereocenters. The first kappa shape index (κ1) is 26.7. The molecule has 0 fully saturated rings. The third-order valence-electron chi connectivity index (χ3n) is 5.15. The molecular weight excluding hydrogens is 476 g/mol. The number of nitrogens with one attached hydrogen (secondary N) is 2. The molecule has 10 heteroatoms. The van der Waals surface area contributed by atoms with E-state index in [4.69, 9.17) is 4.74 Å². The van der Waals surface area contributed by atoms with Gasteiger partial charge in [0.25, 0.3) is 11.6 Å². The van der Waals surface area contributed by atoms with Crippen molar-refractivity contribution in [3.05, 3.63) is 99.1 Å². The van der Waals surface area contributed by atoms with E-state index in [2.05, 4.69) is 15.8 Å². The SMILES string of the molecule is Cc1ccc(C(=O)Oc2ccc([N+](=O)[O-])cc2/C=N/NC(=O)c2ccc(NC(=O)C(C)(C)C)cc2)cc1. The first-order valence-corrected chi connectivity index (χ1v) is 11.3. The molecule has 0 heterocycles. The van der Waals surface area contributed by atoms with Crippen LogP contribution in [0.4, 0.5) is 11.4 Å². The predicted molar refractivity (Wildman–Crippen MR) is 139 cm³/mol. The van der Waals surface area contributed by atoms with Gasteiger partial charge in [-0.05, 0) is 49.4 Å². The molecule has 3 rings (SSSR count). The molecule has 0 saturated heterocycles. The number of non-ortho nitro benzene ring substituents is 1. The predicted octanol–water partition coefficient (Wildman–Crippen LogP) is 4.87. The van der Waals surface area contributed by atoms with Gasteiger partial charge in [0.05, 0.1) is 16.7 Å². The fourth-order valence-corrected chi connectivity index (χ4v) is 2.94. The highest BCUT2D eigenvalue weighted by Gasteiger charge is 2.21. The lowest BCUT2D eigenvalue weighted by Crippen LogP contribution is -2.27. The molecule has 10 nitrogen and oxygen atoms in total. The number of ether oxygens (including phenoxy) is 1. The van der Waals surface area contributed by atoms with E-state index in [-0.39, 0.29) is 28.5 Å². The van der Waals surface area contributed by atoms with Gasteiger partial charge in [0, 0.05) is 34.4 Å². The Labute approximate surface area is 213 Å². The van der Waals surface area contributed by atoms with Crippen LogP contribution in [0, 0.1) is 22.5 Å². The molecule has 0 atom stereocenters. The number of nitro benzene ring substituents is 1. The van der Waals surface area contributed by atoms with Gasteiger partial charge in [-0.3, -0.25) is 19.7 Å². The summed E-state index contributed by atoms with van der Waals surface area (Å²) in [5.41, 5.74) is 3.74. The van der Waals surface area contributed by atoms with Gasteiger partial charge in [0.1, 0.15) is 5.75 Å². The number of nitrogens with zero attached hydrogens (tertiary/aromatic N) is 2. The molecule has 3 aromatic carbocycles. The lowest BCUT2D eigenvalue weighted by molar-refractivity contribution is -0.384. The number of esters is 1. The van der Waals surface area contributed by atoms with Crippen molar-refractivity contribution < 1.29 is 24.0 Å². The lowest BCUT2D eigenvalue weighted by Gasteiger charge is -2.17. The molecule has 0 bridgehead atoms. The summed E-state index contributed by atoms with van der Waals surface area (Å²) in [5.74, 6) is -1.32. The van der Waals surface area contributed by atoms with Crippen molar-refractivity contribution in [2.24, 2.45) is 10.5 Å². The Kier molecular flexibility index (Phi) is 8.13. The Morgan fingerprint density at radius 2 is 1.57 bits per heavy atom. The number of hydrogen-bond acceptors (Lipinski definition) is 7. The standard InChI is InChI=1S/C27H26N4O6/c1-17-5-7-19(8-6-17)25(33)37-23-14-13-22(31(35)36)15-20(23)16-28-30-24(32)18-9-11-21(12-10-18)29-26(34)27(2,3)4/h5-16H,1-4H3,(H,29,34)(H,30,32)/b28-16+. The zero-order chi connectivity index (χ0) is 27.2. The quantitative estimate of drug-likeness (QED) is 0.155. The second-order valence-electron chi connectivity index (χ2n) is 9.22. The zero-order valence-corrected chi connectivity index (χ0v) is 20.8. The first-order valence-electron chi connectivity index (χ1n) is 11.3. The van der Waals surface area contributed by atoms with E-state index < -0.39 is 22.2 Å². The van der Waals surface area contributed by atoms with E-state index >= 15 is 0 Å². The molecule has 0 aliphatic heterocycles. The van der Waals surface area contributed by atoms with E-state index in [9.17, 15) is 24.5 Å². The Morgan fingerprint density at radius 3 is 2.16 bits per heavy atom. The topological polar surface area (TPSA) is 140 Å². The fraction of sp³-hybridized carbons (Fsp3) is 0.185. The molecule has 0 radical (unpaired) electrons. The average molecular weight is 503 g/mol. The smallest absolute Gasteiger partial charge is 0.343 e. The Morgan fingerprint density at radius 1 is 0.946 bits per heavy atom. The summed E-state index contributed by atoms with van der Waals surface area (Å²) in [6, 6.07) is 16.6. The van der Waals surface area contributed by atoms with E-state index in [1.165, 1.54) is 30.3 Å². The summed E-state index contributed by atoms with van der Waals surface area (Å²) >= 11 is 0. The number of rotatable bonds is 7. The van der Waals surface area contributed by atoms with E-state index in [1.807, 2.05) is 6.92 Å². The number of carbonyl (C=O) groups is 3. The minimum absolute atomic E-state index is 0.0353. The summed E-state index contributed by atoms with van der Waals surface area (Å²) in [7, 11) is 0. The third-order valence-corrected chi connectivity index (χ3v) is 5.15. The van der Waals surface area contributed by atoms with Gasteiger partial charge in [-0.2, -0.15) is 5.10 Å². The number of hydrazone groups is 1. The van der Waals surface area contributed by atoms with Gasteiger partial charge >= 0.3 is 5.97 Å². The second kappa shape index (κ2) is 11.3. The summed E-state index contributed by atoms with van der Waals surface area (Å²) in [4.78, 5) is 47.7. The molecule has 2 amide bonds. The average Bonchev–Trinajstić information content (AvgIpc) is 2.85. The minimum atomic E-state index is -0.647. The molecule has 2 N–H and O–H groups in total. The molecule has 0 aliphatic rings. The highest BCUT2D eigenvalue weighted by atomic mass is 16.6. The normalized spacial score (nSPS) is 11.1. The number of nitro groups is 1. The van der Waals surface area contributed by atoms with Crippen LogP contribution in [0.1, 0.15) is 52.6 Å². The van der Waals surface area contributed by atoms with Crippen LogP contribution < -0.4 is 15.5 Å². The molecule has 190 valence electrons. The van der Waals surface area contributed by atoms with E-state index in [0.717, 1.165) is 11.8 Å². The number of hydrogen-bond donors (Lipinski definition) is 2. The largest absolute Gasteiger partial charge is 0.422 e. The van der Waals surface area contributed by atoms with Gasteiger partial charge in [-0.15, -0.1) is 0 Å². The monoisotopic (exact) mass is 502 g/mol. The van der Waals surface area contributed by atoms with Gasteiger partial charge in [-0.1, -0.05) is 38.5 Å². The van der Waals surface area contributed by atoms with E-state index in [1.54, 1.807) is 57.2 Å². The van der Waals surface area contributed by atoms with Crippen molar-refractivity contribution in [3.8, 4) is 5.75 Å². The maximum Gasteiger partial charge on any atom is 0.343 e. The van der Waals surface area contributed by atoms with E-state index in [0.29, 0.717) is 11.3 Å². The molecule has 0 aliphatic carbocycles. The van der Waals surface area contributed by atoms with Crippen molar-refractivity contribution in [1.29, 1.82) is 0 Å². The Balaban J connectivity index is 1.72. The Hall–Kier alpha value is -4.86. The van der Waals surface area contributed by atoms with Gasteiger partial charge in [-0.25, -0.2) is 10.2 Å². The molecule has 0 spiro atoms. The molecule has 0 saturated carbocycles. The molecule has 0 aromatic heterocycles. The van der Waals surface area contributed by atoms with Crippen LogP contribution in [0.5, 0.6) is 5.75 Å². The maximum absolute atomic E-state index is 12.5. The first-order chi connectivity index (χ1) is 17.4. The number of benzene rings is 3. The lowest BCUT2D eigenvalue weighted by atomic mass is 9.95. The van der Waals surface area contributed by atoms with Gasteiger partial charge < -0.3 is 10.1 Å².